The van der Waals surface area contributed by atoms with Crippen molar-refractivity contribution < 1.29 is 4.74 Å². The zero-order valence-corrected chi connectivity index (χ0v) is 11.5. The maximum absolute atomic E-state index is 5.38. The van der Waals surface area contributed by atoms with Crippen LogP contribution in [0.25, 0.3) is 0 Å². The zero-order chi connectivity index (χ0) is 12.2. The molecule has 0 aromatic carbocycles. The Morgan fingerprint density at radius 2 is 2.19 bits per heavy atom. The van der Waals surface area contributed by atoms with E-state index in [1.54, 1.807) is 7.11 Å². The molecule has 1 aliphatic rings. The molecular weight excluding hydrogens is 200 g/mol. The highest BCUT2D eigenvalue weighted by Gasteiger charge is 2.33. The second-order valence-corrected chi connectivity index (χ2v) is 5.63. The Morgan fingerprint density at radius 3 is 2.75 bits per heavy atom. The van der Waals surface area contributed by atoms with Gasteiger partial charge in [0, 0.05) is 38.3 Å². The second kappa shape index (κ2) is 5.99. The summed E-state index contributed by atoms with van der Waals surface area (Å²) in [6.07, 6.45) is 2.85. The highest BCUT2D eigenvalue weighted by atomic mass is 16.5. The van der Waals surface area contributed by atoms with Gasteiger partial charge in [0.1, 0.15) is 0 Å². The van der Waals surface area contributed by atoms with E-state index < -0.39 is 0 Å². The van der Waals surface area contributed by atoms with Crippen molar-refractivity contribution in [3.05, 3.63) is 0 Å². The van der Waals surface area contributed by atoms with Crippen LogP contribution in [0.3, 0.4) is 0 Å². The van der Waals surface area contributed by atoms with Crippen molar-refractivity contribution in [2.24, 2.45) is 0 Å². The van der Waals surface area contributed by atoms with E-state index in [0.717, 1.165) is 19.6 Å². The van der Waals surface area contributed by atoms with Gasteiger partial charge in [0.15, 0.2) is 0 Å². The zero-order valence-electron chi connectivity index (χ0n) is 11.5. The Bertz CT molecular complexity index is 206. The lowest BCUT2D eigenvalue weighted by molar-refractivity contribution is 0.00758. The van der Waals surface area contributed by atoms with Crippen LogP contribution >= 0.6 is 0 Å². The molecule has 1 N–H and O–H groups in total. The first-order chi connectivity index (χ1) is 7.49. The molecule has 2 unspecified atom stereocenters. The minimum absolute atomic E-state index is 0.247. The van der Waals surface area contributed by atoms with E-state index in [-0.39, 0.29) is 5.54 Å². The van der Waals surface area contributed by atoms with E-state index in [2.05, 4.69) is 37.9 Å². The summed E-state index contributed by atoms with van der Waals surface area (Å²) in [5.74, 6) is 0. The summed E-state index contributed by atoms with van der Waals surface area (Å²) in [5.41, 5.74) is 0.247. The normalized spacial score (nSPS) is 27.9. The molecule has 2 atom stereocenters. The molecule has 0 aromatic rings. The van der Waals surface area contributed by atoms with Gasteiger partial charge >= 0.3 is 0 Å². The Morgan fingerprint density at radius 1 is 1.50 bits per heavy atom. The SMILES string of the molecule is CCCC1CN(CC(C)OC)C(C)(C)CN1. The van der Waals surface area contributed by atoms with E-state index >= 15 is 0 Å². The van der Waals surface area contributed by atoms with Gasteiger partial charge in [0.2, 0.25) is 0 Å². The van der Waals surface area contributed by atoms with E-state index in [1.807, 2.05) is 0 Å². The van der Waals surface area contributed by atoms with Crippen LogP contribution < -0.4 is 5.32 Å². The van der Waals surface area contributed by atoms with Crippen LogP contribution in [0.4, 0.5) is 0 Å². The van der Waals surface area contributed by atoms with Crippen molar-refractivity contribution in [1.29, 1.82) is 0 Å². The molecule has 0 aliphatic carbocycles. The van der Waals surface area contributed by atoms with Crippen LogP contribution in [0.1, 0.15) is 40.5 Å². The minimum atomic E-state index is 0.247. The predicted molar refractivity (Wildman–Crippen MR) is 68.8 cm³/mol. The summed E-state index contributed by atoms with van der Waals surface area (Å²) in [7, 11) is 1.80. The van der Waals surface area contributed by atoms with Gasteiger partial charge in [-0.2, -0.15) is 0 Å². The fourth-order valence-corrected chi connectivity index (χ4v) is 2.33. The number of nitrogens with zero attached hydrogens (tertiary/aromatic N) is 1. The number of ether oxygens (including phenoxy) is 1. The lowest BCUT2D eigenvalue weighted by atomic mass is 9.95. The Hall–Kier alpha value is -0.120. The maximum Gasteiger partial charge on any atom is 0.0670 e. The molecule has 3 heteroatoms. The van der Waals surface area contributed by atoms with Gasteiger partial charge in [-0.3, -0.25) is 4.90 Å². The van der Waals surface area contributed by atoms with Gasteiger partial charge in [-0.05, 0) is 27.2 Å². The third-order valence-corrected chi connectivity index (χ3v) is 3.64. The summed E-state index contributed by atoms with van der Waals surface area (Å²) in [5, 5.41) is 3.65. The molecule has 3 nitrogen and oxygen atoms in total. The van der Waals surface area contributed by atoms with Gasteiger partial charge in [-0.15, -0.1) is 0 Å². The summed E-state index contributed by atoms with van der Waals surface area (Å²) < 4.78 is 5.38. The lowest BCUT2D eigenvalue weighted by Crippen LogP contribution is -2.63. The van der Waals surface area contributed by atoms with Crippen molar-refractivity contribution in [2.45, 2.75) is 58.2 Å². The summed E-state index contributed by atoms with van der Waals surface area (Å²) in [6, 6.07) is 0.655. The highest BCUT2D eigenvalue weighted by molar-refractivity contribution is 4.93. The standard InChI is InChI=1S/C13H28N2O/c1-6-7-12-9-15(8-11(2)16-5)13(3,4)10-14-12/h11-12,14H,6-10H2,1-5H3. The predicted octanol–water partition coefficient (Wildman–Crippen LogP) is 1.87. The molecule has 0 radical (unpaired) electrons. The van der Waals surface area contributed by atoms with E-state index in [4.69, 9.17) is 4.74 Å². The Balaban J connectivity index is 2.54. The van der Waals surface area contributed by atoms with E-state index in [0.29, 0.717) is 12.1 Å². The van der Waals surface area contributed by atoms with Crippen molar-refractivity contribution in [3.63, 3.8) is 0 Å². The first kappa shape index (κ1) is 13.9. The largest absolute Gasteiger partial charge is 0.380 e. The first-order valence-corrected chi connectivity index (χ1v) is 6.50. The number of hydrogen-bond acceptors (Lipinski definition) is 3. The smallest absolute Gasteiger partial charge is 0.0670 e. The third-order valence-electron chi connectivity index (χ3n) is 3.64. The molecule has 0 amide bonds. The summed E-state index contributed by atoms with van der Waals surface area (Å²) in [4.78, 5) is 2.57. The molecule has 1 rings (SSSR count). The molecule has 1 saturated heterocycles. The van der Waals surface area contributed by atoms with Crippen molar-refractivity contribution in [2.75, 3.05) is 26.7 Å². The second-order valence-electron chi connectivity index (χ2n) is 5.63. The van der Waals surface area contributed by atoms with Crippen LogP contribution in [0, 0.1) is 0 Å². The van der Waals surface area contributed by atoms with Gasteiger partial charge in [0.05, 0.1) is 6.10 Å². The molecule has 1 heterocycles. The maximum atomic E-state index is 5.38. The fourth-order valence-electron chi connectivity index (χ4n) is 2.33. The molecule has 0 saturated carbocycles. The van der Waals surface area contributed by atoms with Crippen LogP contribution in [0.5, 0.6) is 0 Å². The van der Waals surface area contributed by atoms with Crippen molar-refractivity contribution >= 4 is 0 Å². The van der Waals surface area contributed by atoms with Gasteiger partial charge in [0.25, 0.3) is 0 Å². The minimum Gasteiger partial charge on any atom is -0.380 e. The molecule has 16 heavy (non-hydrogen) atoms. The number of methoxy groups -OCH3 is 1. The Kier molecular flexibility index (Phi) is 5.22. The van der Waals surface area contributed by atoms with Crippen molar-refractivity contribution in [1.82, 2.24) is 10.2 Å². The summed E-state index contributed by atoms with van der Waals surface area (Å²) in [6.45, 7) is 12.3. The quantitative estimate of drug-likeness (QED) is 0.777. The van der Waals surface area contributed by atoms with E-state index in [1.165, 1.54) is 12.8 Å². The average Bonchev–Trinajstić information content (AvgIpc) is 2.23. The molecule has 1 aliphatic heterocycles. The number of rotatable bonds is 5. The highest BCUT2D eigenvalue weighted by Crippen LogP contribution is 2.20. The van der Waals surface area contributed by atoms with Gasteiger partial charge in [-0.1, -0.05) is 13.3 Å². The molecule has 0 aromatic heterocycles. The first-order valence-electron chi connectivity index (χ1n) is 6.50. The number of nitrogens with one attached hydrogen (secondary N) is 1. The van der Waals surface area contributed by atoms with E-state index in [9.17, 15) is 0 Å². The van der Waals surface area contributed by atoms with Crippen LogP contribution in [-0.2, 0) is 4.74 Å². The molecular formula is C13H28N2O. The van der Waals surface area contributed by atoms with Gasteiger partial charge in [-0.25, -0.2) is 0 Å². The number of piperazine rings is 1. The van der Waals surface area contributed by atoms with Gasteiger partial charge < -0.3 is 10.1 Å². The molecule has 1 fully saturated rings. The lowest BCUT2D eigenvalue weighted by Gasteiger charge is -2.47. The topological polar surface area (TPSA) is 24.5 Å². The molecule has 0 bridgehead atoms. The van der Waals surface area contributed by atoms with Crippen LogP contribution in [0.15, 0.2) is 0 Å². The third kappa shape index (κ3) is 3.72. The molecule has 0 spiro atoms. The van der Waals surface area contributed by atoms with Crippen molar-refractivity contribution in [3.8, 4) is 0 Å². The summed E-state index contributed by atoms with van der Waals surface area (Å²) >= 11 is 0. The fraction of sp³-hybridized carbons (Fsp3) is 1.00. The average molecular weight is 228 g/mol. The number of hydrogen-bond donors (Lipinski definition) is 1. The molecule has 96 valence electrons. The Labute approximate surface area is 101 Å². The monoisotopic (exact) mass is 228 g/mol. The van der Waals surface area contributed by atoms with Crippen LogP contribution in [0.2, 0.25) is 0 Å². The van der Waals surface area contributed by atoms with Crippen LogP contribution in [-0.4, -0.2) is 49.3 Å².